The Morgan fingerprint density at radius 2 is 1.87 bits per heavy atom. The van der Waals surface area contributed by atoms with E-state index in [4.69, 9.17) is 15.2 Å². The zero-order chi connectivity index (χ0) is 26.7. The van der Waals surface area contributed by atoms with Gasteiger partial charge in [0.2, 0.25) is 11.8 Å². The summed E-state index contributed by atoms with van der Waals surface area (Å²) in [5.74, 6) is -1.19. The summed E-state index contributed by atoms with van der Waals surface area (Å²) < 4.78 is 12.5. The van der Waals surface area contributed by atoms with Crippen LogP contribution in [0.3, 0.4) is 0 Å². The van der Waals surface area contributed by atoms with Gasteiger partial charge in [-0.25, -0.2) is 9.69 Å². The molecule has 38 heavy (non-hydrogen) atoms. The van der Waals surface area contributed by atoms with Crippen LogP contribution < -0.4 is 20.7 Å². The zero-order valence-corrected chi connectivity index (χ0v) is 20.8. The average molecular weight is 511 g/mol. The molecule has 0 aromatic heterocycles. The minimum absolute atomic E-state index is 0.259. The Kier molecular flexibility index (Phi) is 5.40. The lowest BCUT2D eigenvalue weighted by Gasteiger charge is -2.31. The fraction of sp³-hybridized carbons (Fsp3) is 0.310. The molecule has 3 fully saturated rings. The summed E-state index contributed by atoms with van der Waals surface area (Å²) in [4.78, 5) is 40.3. The second-order valence-corrected chi connectivity index (χ2v) is 10.4. The molecule has 0 aliphatic carbocycles. The van der Waals surface area contributed by atoms with Gasteiger partial charge in [-0.2, -0.15) is 5.26 Å². The van der Waals surface area contributed by atoms with E-state index in [1.54, 1.807) is 36.4 Å². The predicted molar refractivity (Wildman–Crippen MR) is 139 cm³/mol. The molecule has 9 heteroatoms. The van der Waals surface area contributed by atoms with Gasteiger partial charge in [0, 0.05) is 28.9 Å². The van der Waals surface area contributed by atoms with Crippen LogP contribution in [0.2, 0.25) is 0 Å². The second-order valence-electron chi connectivity index (χ2n) is 10.4. The number of imide groups is 1. The highest BCUT2D eigenvalue weighted by molar-refractivity contribution is 6.26. The van der Waals surface area contributed by atoms with Crippen molar-refractivity contribution in [2.45, 2.75) is 37.4 Å². The number of carbonyl (C=O) groups is 3. The maximum absolute atomic E-state index is 14.0. The van der Waals surface area contributed by atoms with Crippen molar-refractivity contribution in [3.63, 3.8) is 0 Å². The van der Waals surface area contributed by atoms with E-state index < -0.39 is 29.1 Å². The smallest absolute Gasteiger partial charge is 0.316 e. The first-order valence-electron chi connectivity index (χ1n) is 12.6. The lowest BCUT2D eigenvalue weighted by molar-refractivity contribution is -0.131. The standard InChI is InChI=1S/C29H26N4O5/c1-28-11-12-29(38-28,13-14-37-19-6-4-5-18(15-19)32-27(31)36)24-23(28)25(34)33(26(24)35)22-10-9-17(16-30)20-7-2-3-8-21(20)22/h2-10,15,23-24H,11-14H2,1H3,(H3,31,32,36)/t23-,24+,28-,29-/m1/s1. The third-order valence-corrected chi connectivity index (χ3v) is 8.17. The highest BCUT2D eigenvalue weighted by Crippen LogP contribution is 2.62. The van der Waals surface area contributed by atoms with E-state index in [2.05, 4.69) is 11.4 Å². The number of primary amides is 1. The van der Waals surface area contributed by atoms with Crippen molar-refractivity contribution >= 4 is 40.0 Å². The normalized spacial score (nSPS) is 27.4. The Bertz CT molecular complexity index is 1550. The lowest BCUT2D eigenvalue weighted by atomic mass is 9.67. The number of rotatable bonds is 6. The fourth-order valence-corrected chi connectivity index (χ4v) is 6.57. The van der Waals surface area contributed by atoms with E-state index in [1.807, 2.05) is 31.2 Å². The van der Waals surface area contributed by atoms with Crippen LogP contribution >= 0.6 is 0 Å². The minimum atomic E-state index is -0.813. The van der Waals surface area contributed by atoms with Crippen LogP contribution in [-0.2, 0) is 14.3 Å². The van der Waals surface area contributed by atoms with Crippen molar-refractivity contribution in [1.29, 1.82) is 5.26 Å². The number of hydrogen-bond donors (Lipinski definition) is 2. The van der Waals surface area contributed by atoms with Crippen LogP contribution in [-0.4, -0.2) is 35.7 Å². The summed E-state index contributed by atoms with van der Waals surface area (Å²) in [7, 11) is 0. The van der Waals surface area contributed by atoms with Gasteiger partial charge < -0.3 is 20.5 Å². The van der Waals surface area contributed by atoms with Gasteiger partial charge in [0.1, 0.15) is 5.75 Å². The van der Waals surface area contributed by atoms with Gasteiger partial charge in [0.15, 0.2) is 0 Å². The first kappa shape index (κ1) is 23.9. The maximum atomic E-state index is 14.0. The number of fused-ring (bicyclic) bond motifs is 6. The van der Waals surface area contributed by atoms with E-state index in [0.717, 1.165) is 0 Å². The molecule has 0 saturated carbocycles. The van der Waals surface area contributed by atoms with E-state index in [1.165, 1.54) is 4.90 Å². The summed E-state index contributed by atoms with van der Waals surface area (Å²) in [6.07, 6.45) is 1.75. The number of hydrogen-bond acceptors (Lipinski definition) is 6. The van der Waals surface area contributed by atoms with Gasteiger partial charge in [-0.1, -0.05) is 30.3 Å². The zero-order valence-electron chi connectivity index (χ0n) is 20.8. The monoisotopic (exact) mass is 510 g/mol. The van der Waals surface area contributed by atoms with E-state index in [-0.39, 0.29) is 18.4 Å². The molecule has 0 unspecified atom stereocenters. The molecule has 3 aromatic rings. The molecule has 2 bridgehead atoms. The van der Waals surface area contributed by atoms with Crippen molar-refractivity contribution in [1.82, 2.24) is 0 Å². The average Bonchev–Trinajstić information content (AvgIpc) is 3.47. The fourth-order valence-electron chi connectivity index (χ4n) is 6.57. The molecule has 4 amide bonds. The molecule has 3 saturated heterocycles. The molecule has 4 atom stereocenters. The van der Waals surface area contributed by atoms with Crippen molar-refractivity contribution in [3.05, 3.63) is 66.2 Å². The lowest BCUT2D eigenvalue weighted by Crippen LogP contribution is -2.43. The Morgan fingerprint density at radius 1 is 1.11 bits per heavy atom. The number of nitrogens with two attached hydrogens (primary N) is 1. The number of carbonyl (C=O) groups excluding carboxylic acids is 3. The predicted octanol–water partition coefficient (Wildman–Crippen LogP) is 4.10. The second kappa shape index (κ2) is 8.57. The summed E-state index contributed by atoms with van der Waals surface area (Å²) in [5, 5.41) is 13.4. The number of amides is 4. The Labute approximate surface area is 219 Å². The topological polar surface area (TPSA) is 135 Å². The largest absolute Gasteiger partial charge is 0.493 e. The summed E-state index contributed by atoms with van der Waals surface area (Å²) in [6, 6.07) is 19.1. The molecular weight excluding hydrogens is 484 g/mol. The van der Waals surface area contributed by atoms with Crippen molar-refractivity contribution < 1.29 is 23.9 Å². The van der Waals surface area contributed by atoms with Crippen LogP contribution in [0.1, 0.15) is 31.7 Å². The van der Waals surface area contributed by atoms with Crippen LogP contribution in [0.25, 0.3) is 10.8 Å². The van der Waals surface area contributed by atoms with Gasteiger partial charge in [0.05, 0.1) is 47.0 Å². The van der Waals surface area contributed by atoms with E-state index >= 15 is 0 Å². The van der Waals surface area contributed by atoms with Gasteiger partial charge in [0.25, 0.3) is 0 Å². The quantitative estimate of drug-likeness (QED) is 0.480. The minimum Gasteiger partial charge on any atom is -0.493 e. The summed E-state index contributed by atoms with van der Waals surface area (Å²) in [5.41, 5.74) is 5.15. The summed E-state index contributed by atoms with van der Waals surface area (Å²) in [6.45, 7) is 2.19. The molecule has 0 spiro atoms. The number of ether oxygens (including phenoxy) is 2. The van der Waals surface area contributed by atoms with Crippen LogP contribution in [0.15, 0.2) is 60.7 Å². The first-order chi connectivity index (χ1) is 18.3. The van der Waals surface area contributed by atoms with Crippen molar-refractivity contribution in [2.75, 3.05) is 16.8 Å². The molecule has 3 aliphatic heterocycles. The molecule has 192 valence electrons. The maximum Gasteiger partial charge on any atom is 0.316 e. The first-order valence-corrected chi connectivity index (χ1v) is 12.6. The number of nitrogens with zero attached hydrogens (tertiary/aromatic N) is 2. The Balaban J connectivity index is 1.28. The number of urea groups is 1. The van der Waals surface area contributed by atoms with E-state index in [0.29, 0.717) is 52.7 Å². The van der Waals surface area contributed by atoms with Gasteiger partial charge >= 0.3 is 6.03 Å². The van der Waals surface area contributed by atoms with Crippen LogP contribution in [0.5, 0.6) is 5.75 Å². The van der Waals surface area contributed by atoms with Crippen LogP contribution in [0.4, 0.5) is 16.2 Å². The SMILES string of the molecule is C[C@]12CC[C@](CCOc3cccc(NC(N)=O)c3)(O1)[C@@H]1C(=O)N(c3ccc(C#N)c4ccccc34)C(=O)[C@@H]12. The molecular formula is C29H26N4O5. The number of anilines is 2. The molecule has 9 nitrogen and oxygen atoms in total. The molecule has 3 N–H and O–H groups in total. The highest BCUT2D eigenvalue weighted by atomic mass is 16.5. The van der Waals surface area contributed by atoms with E-state index in [9.17, 15) is 19.6 Å². The Hall–Kier alpha value is -4.42. The highest BCUT2D eigenvalue weighted by Gasteiger charge is 2.73. The molecule has 0 radical (unpaired) electrons. The van der Waals surface area contributed by atoms with Gasteiger partial charge in [-0.3, -0.25) is 9.59 Å². The van der Waals surface area contributed by atoms with Crippen molar-refractivity contribution in [2.24, 2.45) is 17.6 Å². The third-order valence-electron chi connectivity index (χ3n) is 8.17. The number of nitrogens with one attached hydrogen (secondary N) is 1. The van der Waals surface area contributed by atoms with Crippen LogP contribution in [0, 0.1) is 23.2 Å². The Morgan fingerprint density at radius 3 is 2.63 bits per heavy atom. The molecule has 3 aromatic carbocycles. The third kappa shape index (κ3) is 3.52. The molecule has 3 aliphatic rings. The molecule has 3 heterocycles. The summed E-state index contributed by atoms with van der Waals surface area (Å²) >= 11 is 0. The number of nitriles is 1. The number of benzene rings is 3. The molecule has 6 rings (SSSR count). The van der Waals surface area contributed by atoms with Gasteiger partial charge in [-0.15, -0.1) is 0 Å². The van der Waals surface area contributed by atoms with Crippen molar-refractivity contribution in [3.8, 4) is 11.8 Å². The van der Waals surface area contributed by atoms with Gasteiger partial charge in [-0.05, 0) is 44.0 Å².